The molecule has 0 fully saturated rings. The second-order valence-corrected chi connectivity index (χ2v) is 4.96. The molecule has 0 saturated carbocycles. The van der Waals surface area contributed by atoms with Gasteiger partial charge in [-0.05, 0) is 30.3 Å². The molecule has 0 aliphatic carbocycles. The van der Waals surface area contributed by atoms with Crippen LogP contribution in [0.2, 0.25) is 5.02 Å². The molecular weight excluding hydrogens is 272 g/mol. The molecule has 0 aliphatic heterocycles. The van der Waals surface area contributed by atoms with E-state index in [1.807, 2.05) is 49.8 Å². The highest BCUT2D eigenvalue weighted by Crippen LogP contribution is 2.28. The van der Waals surface area contributed by atoms with Crippen LogP contribution in [0.15, 0.2) is 55.0 Å². The van der Waals surface area contributed by atoms with Gasteiger partial charge in [0.2, 0.25) is 0 Å². The zero-order valence-electron chi connectivity index (χ0n) is 11.1. The van der Waals surface area contributed by atoms with Crippen molar-refractivity contribution in [1.29, 1.82) is 0 Å². The lowest BCUT2D eigenvalue weighted by molar-refractivity contribution is 0.838. The molecule has 20 heavy (non-hydrogen) atoms. The van der Waals surface area contributed by atoms with Crippen molar-refractivity contribution in [3.05, 3.63) is 65.7 Å². The van der Waals surface area contributed by atoms with E-state index in [0.29, 0.717) is 5.02 Å². The van der Waals surface area contributed by atoms with Gasteiger partial charge in [0.05, 0.1) is 17.3 Å². The van der Waals surface area contributed by atoms with Gasteiger partial charge in [0.15, 0.2) is 0 Å². The van der Waals surface area contributed by atoms with E-state index in [9.17, 15) is 0 Å². The molecule has 0 atom stereocenters. The quantitative estimate of drug-likeness (QED) is 0.797. The Hall–Kier alpha value is -2.20. The van der Waals surface area contributed by atoms with Crippen LogP contribution in [-0.4, -0.2) is 14.3 Å². The Balaban J connectivity index is 1.90. The maximum absolute atomic E-state index is 6.31. The standard InChI is InChI=1S/C15H15ClN4/c1-19-9-3-5-12(19)11-17-14-7-2-6-13(16)15(14)20-10-4-8-18-20/h2-10,17H,11H2,1H3. The predicted molar refractivity (Wildman–Crippen MR) is 81.3 cm³/mol. The Morgan fingerprint density at radius 3 is 2.75 bits per heavy atom. The van der Waals surface area contributed by atoms with Crippen molar-refractivity contribution in [3.63, 3.8) is 0 Å². The zero-order chi connectivity index (χ0) is 13.9. The maximum Gasteiger partial charge on any atom is 0.106 e. The molecule has 1 N–H and O–H groups in total. The Kier molecular flexibility index (Phi) is 3.48. The molecule has 2 aromatic heterocycles. The van der Waals surface area contributed by atoms with E-state index in [1.165, 1.54) is 5.69 Å². The van der Waals surface area contributed by atoms with Gasteiger partial charge in [-0.2, -0.15) is 5.10 Å². The van der Waals surface area contributed by atoms with Crippen LogP contribution in [0, 0.1) is 0 Å². The Bertz CT molecular complexity index is 700. The second kappa shape index (κ2) is 5.43. The summed E-state index contributed by atoms with van der Waals surface area (Å²) in [6.45, 7) is 0.734. The molecule has 5 heteroatoms. The fraction of sp³-hybridized carbons (Fsp3) is 0.133. The number of anilines is 1. The molecular formula is C15H15ClN4. The van der Waals surface area contributed by atoms with Crippen molar-refractivity contribution in [1.82, 2.24) is 14.3 Å². The van der Waals surface area contributed by atoms with Crippen LogP contribution in [0.5, 0.6) is 0 Å². The molecule has 4 nitrogen and oxygen atoms in total. The van der Waals surface area contributed by atoms with Crippen LogP contribution < -0.4 is 5.32 Å². The summed E-state index contributed by atoms with van der Waals surface area (Å²) in [6.07, 6.45) is 5.66. The first-order chi connectivity index (χ1) is 9.75. The summed E-state index contributed by atoms with van der Waals surface area (Å²) in [6, 6.07) is 11.8. The summed E-state index contributed by atoms with van der Waals surface area (Å²) in [7, 11) is 2.03. The highest BCUT2D eigenvalue weighted by atomic mass is 35.5. The average molecular weight is 287 g/mol. The highest BCUT2D eigenvalue weighted by Gasteiger charge is 2.09. The van der Waals surface area contributed by atoms with Crippen molar-refractivity contribution in [2.75, 3.05) is 5.32 Å². The number of aromatic nitrogens is 3. The minimum Gasteiger partial charge on any atom is -0.378 e. The number of aryl methyl sites for hydroxylation is 1. The fourth-order valence-electron chi connectivity index (χ4n) is 2.16. The van der Waals surface area contributed by atoms with Gasteiger partial charge in [0, 0.05) is 31.3 Å². The van der Waals surface area contributed by atoms with Crippen LogP contribution in [0.3, 0.4) is 0 Å². The number of hydrogen-bond donors (Lipinski definition) is 1. The molecule has 0 saturated heterocycles. The Morgan fingerprint density at radius 1 is 1.15 bits per heavy atom. The summed E-state index contributed by atoms with van der Waals surface area (Å²) in [5.41, 5.74) is 3.03. The fourth-order valence-corrected chi connectivity index (χ4v) is 2.42. The third-order valence-electron chi connectivity index (χ3n) is 3.23. The number of halogens is 1. The molecule has 3 rings (SSSR count). The molecule has 102 valence electrons. The van der Waals surface area contributed by atoms with Gasteiger partial charge in [-0.1, -0.05) is 17.7 Å². The number of nitrogens with zero attached hydrogens (tertiary/aromatic N) is 3. The smallest absolute Gasteiger partial charge is 0.106 e. The molecule has 0 unspecified atom stereocenters. The highest BCUT2D eigenvalue weighted by molar-refractivity contribution is 6.33. The van der Waals surface area contributed by atoms with E-state index in [0.717, 1.165) is 17.9 Å². The van der Waals surface area contributed by atoms with Crippen LogP contribution >= 0.6 is 11.6 Å². The predicted octanol–water partition coefficient (Wildman–Crippen LogP) is 3.48. The lowest BCUT2D eigenvalue weighted by atomic mass is 10.2. The number of para-hydroxylation sites is 1. The Labute approximate surface area is 122 Å². The number of nitrogens with one attached hydrogen (secondary N) is 1. The van der Waals surface area contributed by atoms with Gasteiger partial charge >= 0.3 is 0 Å². The van der Waals surface area contributed by atoms with Gasteiger partial charge in [0.25, 0.3) is 0 Å². The summed E-state index contributed by atoms with van der Waals surface area (Å²) in [5, 5.41) is 8.35. The number of benzene rings is 1. The summed E-state index contributed by atoms with van der Waals surface area (Å²) in [4.78, 5) is 0. The molecule has 0 aliphatic rings. The van der Waals surface area contributed by atoms with Crippen LogP contribution in [0.25, 0.3) is 5.69 Å². The van der Waals surface area contributed by atoms with Gasteiger partial charge in [-0.25, -0.2) is 4.68 Å². The van der Waals surface area contributed by atoms with Crippen molar-refractivity contribution in [3.8, 4) is 5.69 Å². The van der Waals surface area contributed by atoms with E-state index in [4.69, 9.17) is 11.6 Å². The van der Waals surface area contributed by atoms with E-state index in [2.05, 4.69) is 21.0 Å². The Morgan fingerprint density at radius 2 is 2.05 bits per heavy atom. The molecule has 1 aromatic carbocycles. The second-order valence-electron chi connectivity index (χ2n) is 4.55. The van der Waals surface area contributed by atoms with Crippen molar-refractivity contribution < 1.29 is 0 Å². The summed E-state index contributed by atoms with van der Waals surface area (Å²) >= 11 is 6.31. The zero-order valence-corrected chi connectivity index (χ0v) is 11.9. The maximum atomic E-state index is 6.31. The van der Waals surface area contributed by atoms with Crippen LogP contribution in [0.4, 0.5) is 5.69 Å². The molecule has 0 amide bonds. The number of rotatable bonds is 4. The van der Waals surface area contributed by atoms with Crippen LogP contribution in [-0.2, 0) is 13.6 Å². The normalized spacial score (nSPS) is 10.7. The summed E-state index contributed by atoms with van der Waals surface area (Å²) in [5.74, 6) is 0. The lowest BCUT2D eigenvalue weighted by Gasteiger charge is -2.14. The first kappa shape index (κ1) is 12.8. The van der Waals surface area contributed by atoms with Crippen molar-refractivity contribution >= 4 is 17.3 Å². The average Bonchev–Trinajstić information content (AvgIpc) is 3.08. The van der Waals surface area contributed by atoms with Gasteiger partial charge in [-0.3, -0.25) is 0 Å². The molecule has 2 heterocycles. The van der Waals surface area contributed by atoms with Gasteiger partial charge in [0.1, 0.15) is 5.69 Å². The van der Waals surface area contributed by atoms with Gasteiger partial charge in [-0.15, -0.1) is 0 Å². The lowest BCUT2D eigenvalue weighted by Crippen LogP contribution is -2.07. The first-order valence-electron chi connectivity index (χ1n) is 6.38. The minimum atomic E-state index is 0.672. The van der Waals surface area contributed by atoms with Crippen molar-refractivity contribution in [2.45, 2.75) is 6.54 Å². The third-order valence-corrected chi connectivity index (χ3v) is 3.54. The van der Waals surface area contributed by atoms with E-state index in [1.54, 1.807) is 10.9 Å². The van der Waals surface area contributed by atoms with Gasteiger partial charge < -0.3 is 9.88 Å². The van der Waals surface area contributed by atoms with E-state index in [-0.39, 0.29) is 0 Å². The van der Waals surface area contributed by atoms with Crippen molar-refractivity contribution in [2.24, 2.45) is 7.05 Å². The SMILES string of the molecule is Cn1cccc1CNc1cccc(Cl)c1-n1cccn1. The van der Waals surface area contributed by atoms with E-state index < -0.39 is 0 Å². The third kappa shape index (κ3) is 2.42. The van der Waals surface area contributed by atoms with E-state index >= 15 is 0 Å². The minimum absolute atomic E-state index is 0.672. The topological polar surface area (TPSA) is 34.8 Å². The monoisotopic (exact) mass is 286 g/mol. The molecule has 0 spiro atoms. The first-order valence-corrected chi connectivity index (χ1v) is 6.76. The molecule has 3 aromatic rings. The number of hydrogen-bond acceptors (Lipinski definition) is 2. The van der Waals surface area contributed by atoms with Crippen LogP contribution in [0.1, 0.15) is 5.69 Å². The molecule has 0 radical (unpaired) electrons. The molecule has 0 bridgehead atoms. The summed E-state index contributed by atoms with van der Waals surface area (Å²) < 4.78 is 3.86. The largest absolute Gasteiger partial charge is 0.378 e.